The van der Waals surface area contributed by atoms with Crippen molar-refractivity contribution >= 4 is 28.9 Å². The molecule has 1 fully saturated rings. The van der Waals surface area contributed by atoms with E-state index in [0.29, 0.717) is 6.54 Å². The molecule has 1 heterocycles. The Hall–Kier alpha value is -1.66. The fourth-order valence-electron chi connectivity index (χ4n) is 2.11. The highest BCUT2D eigenvalue weighted by atomic mass is 35.5. The second-order valence-electron chi connectivity index (χ2n) is 4.65. The molecule has 0 bridgehead atoms. The molecule has 6 nitrogen and oxygen atoms in total. The predicted octanol–water partition coefficient (Wildman–Crippen LogP) is 2.04. The number of nitro benzene ring substituents is 1. The molecule has 7 heteroatoms. The maximum atomic E-state index is 12.1. The van der Waals surface area contributed by atoms with Gasteiger partial charge in [-0.2, -0.15) is 0 Å². The second-order valence-corrected chi connectivity index (χ2v) is 5.06. The van der Waals surface area contributed by atoms with Crippen LogP contribution in [-0.4, -0.2) is 23.9 Å². The van der Waals surface area contributed by atoms with Crippen molar-refractivity contribution in [2.24, 2.45) is 11.8 Å². The number of nitrogens with zero attached hydrogens (tertiary/aromatic N) is 1. The minimum absolute atomic E-state index is 0.0997. The van der Waals surface area contributed by atoms with Crippen LogP contribution in [0, 0.1) is 22.0 Å². The van der Waals surface area contributed by atoms with Gasteiger partial charge in [-0.1, -0.05) is 18.5 Å². The molecule has 1 aliphatic rings. The largest absolute Gasteiger partial charge is 0.324 e. The van der Waals surface area contributed by atoms with E-state index in [4.69, 9.17) is 11.6 Å². The number of benzene rings is 1. The van der Waals surface area contributed by atoms with Crippen LogP contribution in [0.15, 0.2) is 18.2 Å². The van der Waals surface area contributed by atoms with Gasteiger partial charge in [-0.3, -0.25) is 14.9 Å². The average Bonchev–Trinajstić information content (AvgIpc) is 2.78. The van der Waals surface area contributed by atoms with E-state index in [1.54, 1.807) is 0 Å². The van der Waals surface area contributed by atoms with Crippen LogP contribution >= 0.6 is 11.6 Å². The summed E-state index contributed by atoms with van der Waals surface area (Å²) in [6, 6.07) is 3.98. The Bertz CT molecular complexity index is 521. The number of anilines is 1. The molecule has 0 saturated carbocycles. The molecule has 1 aromatic rings. The van der Waals surface area contributed by atoms with E-state index in [1.807, 2.05) is 6.92 Å². The Morgan fingerprint density at radius 3 is 2.84 bits per heavy atom. The zero-order valence-corrected chi connectivity index (χ0v) is 11.1. The van der Waals surface area contributed by atoms with Crippen LogP contribution < -0.4 is 10.6 Å². The monoisotopic (exact) mass is 283 g/mol. The number of halogens is 1. The summed E-state index contributed by atoms with van der Waals surface area (Å²) in [6.45, 7) is 3.39. The SMILES string of the molecule is CC1CNCC1C(=O)Nc1cc([N+](=O)[O-])ccc1Cl. The van der Waals surface area contributed by atoms with Gasteiger partial charge >= 0.3 is 0 Å². The molecule has 0 spiro atoms. The molecule has 1 amide bonds. The molecule has 0 aromatic heterocycles. The summed E-state index contributed by atoms with van der Waals surface area (Å²) >= 11 is 5.94. The predicted molar refractivity (Wildman–Crippen MR) is 72.3 cm³/mol. The van der Waals surface area contributed by atoms with Gasteiger partial charge in [-0.15, -0.1) is 0 Å². The molecule has 0 aliphatic carbocycles. The molecule has 2 rings (SSSR count). The van der Waals surface area contributed by atoms with Crippen molar-refractivity contribution in [3.8, 4) is 0 Å². The molecule has 1 saturated heterocycles. The molecular weight excluding hydrogens is 270 g/mol. The lowest BCUT2D eigenvalue weighted by molar-refractivity contribution is -0.384. The molecule has 2 N–H and O–H groups in total. The van der Waals surface area contributed by atoms with Crippen LogP contribution in [0.3, 0.4) is 0 Å². The highest BCUT2D eigenvalue weighted by Crippen LogP contribution is 2.28. The topological polar surface area (TPSA) is 84.3 Å². The number of hydrogen-bond donors (Lipinski definition) is 2. The van der Waals surface area contributed by atoms with Crippen molar-refractivity contribution in [1.82, 2.24) is 5.32 Å². The number of non-ortho nitro benzene ring substituents is 1. The lowest BCUT2D eigenvalue weighted by atomic mass is 9.97. The number of carbonyl (C=O) groups excluding carboxylic acids is 1. The lowest BCUT2D eigenvalue weighted by Gasteiger charge is -2.14. The van der Waals surface area contributed by atoms with Crippen LogP contribution in [0.2, 0.25) is 5.02 Å². The number of amides is 1. The van der Waals surface area contributed by atoms with Crippen molar-refractivity contribution in [3.05, 3.63) is 33.3 Å². The van der Waals surface area contributed by atoms with Crippen molar-refractivity contribution in [1.29, 1.82) is 0 Å². The molecule has 102 valence electrons. The molecule has 2 unspecified atom stereocenters. The standard InChI is InChI=1S/C12H14ClN3O3/c1-7-5-14-6-9(7)12(17)15-11-4-8(16(18)19)2-3-10(11)13/h2-4,7,9,14H,5-6H2,1H3,(H,15,17). The smallest absolute Gasteiger partial charge is 0.271 e. The number of nitro groups is 1. The first-order valence-corrected chi connectivity index (χ1v) is 6.32. The van der Waals surface area contributed by atoms with Crippen LogP contribution in [0.4, 0.5) is 11.4 Å². The third-order valence-corrected chi connectivity index (χ3v) is 3.60. The van der Waals surface area contributed by atoms with Crippen molar-refractivity contribution in [2.45, 2.75) is 6.92 Å². The Balaban J connectivity index is 2.16. The van der Waals surface area contributed by atoms with Crippen LogP contribution in [0.25, 0.3) is 0 Å². The summed E-state index contributed by atoms with van der Waals surface area (Å²) in [6.07, 6.45) is 0. The van der Waals surface area contributed by atoms with Gasteiger partial charge in [0.1, 0.15) is 0 Å². The van der Waals surface area contributed by atoms with E-state index in [0.717, 1.165) is 6.54 Å². The van der Waals surface area contributed by atoms with E-state index in [1.165, 1.54) is 18.2 Å². The minimum atomic E-state index is -0.522. The molecule has 1 aliphatic heterocycles. The number of nitrogens with one attached hydrogen (secondary N) is 2. The van der Waals surface area contributed by atoms with Gasteiger partial charge < -0.3 is 10.6 Å². The van der Waals surface area contributed by atoms with Gasteiger partial charge in [0.05, 0.1) is 21.6 Å². The van der Waals surface area contributed by atoms with Gasteiger partial charge in [0, 0.05) is 18.7 Å². The fourth-order valence-corrected chi connectivity index (χ4v) is 2.27. The van der Waals surface area contributed by atoms with Gasteiger partial charge in [0.15, 0.2) is 0 Å². The Morgan fingerprint density at radius 1 is 1.53 bits per heavy atom. The summed E-state index contributed by atoms with van der Waals surface area (Å²) in [5, 5.41) is 16.8. The number of carbonyl (C=O) groups is 1. The zero-order chi connectivity index (χ0) is 14.0. The summed E-state index contributed by atoms with van der Waals surface area (Å²) in [5.41, 5.74) is 0.178. The van der Waals surface area contributed by atoms with Gasteiger partial charge in [-0.25, -0.2) is 0 Å². The first-order valence-electron chi connectivity index (χ1n) is 5.94. The minimum Gasteiger partial charge on any atom is -0.324 e. The van der Waals surface area contributed by atoms with E-state index in [2.05, 4.69) is 10.6 Å². The quantitative estimate of drug-likeness (QED) is 0.657. The number of hydrogen-bond acceptors (Lipinski definition) is 4. The van der Waals surface area contributed by atoms with Gasteiger partial charge in [-0.05, 0) is 18.5 Å². The third-order valence-electron chi connectivity index (χ3n) is 3.27. The molecule has 0 radical (unpaired) electrons. The van der Waals surface area contributed by atoms with Crippen LogP contribution in [-0.2, 0) is 4.79 Å². The highest BCUT2D eigenvalue weighted by molar-refractivity contribution is 6.33. The van der Waals surface area contributed by atoms with E-state index < -0.39 is 4.92 Å². The van der Waals surface area contributed by atoms with E-state index >= 15 is 0 Å². The van der Waals surface area contributed by atoms with Crippen LogP contribution in [0.1, 0.15) is 6.92 Å². The average molecular weight is 284 g/mol. The lowest BCUT2D eigenvalue weighted by Crippen LogP contribution is -2.27. The molecular formula is C12H14ClN3O3. The first-order chi connectivity index (χ1) is 8.99. The Kier molecular flexibility index (Phi) is 4.01. The van der Waals surface area contributed by atoms with Crippen molar-refractivity contribution < 1.29 is 9.72 Å². The number of rotatable bonds is 3. The molecule has 19 heavy (non-hydrogen) atoms. The fraction of sp³-hybridized carbons (Fsp3) is 0.417. The summed E-state index contributed by atoms with van der Waals surface area (Å²) in [7, 11) is 0. The summed E-state index contributed by atoms with van der Waals surface area (Å²) in [4.78, 5) is 22.3. The summed E-state index contributed by atoms with van der Waals surface area (Å²) in [5.74, 6) is -0.0762. The van der Waals surface area contributed by atoms with E-state index in [9.17, 15) is 14.9 Å². The molecule has 1 aromatic carbocycles. The second kappa shape index (κ2) is 5.54. The normalized spacial score (nSPS) is 22.2. The zero-order valence-electron chi connectivity index (χ0n) is 10.4. The highest BCUT2D eigenvalue weighted by Gasteiger charge is 2.30. The maximum absolute atomic E-state index is 12.1. The molecule has 2 atom stereocenters. The van der Waals surface area contributed by atoms with Gasteiger partial charge in [0.25, 0.3) is 5.69 Å². The summed E-state index contributed by atoms with van der Waals surface area (Å²) < 4.78 is 0. The van der Waals surface area contributed by atoms with Crippen molar-refractivity contribution in [3.63, 3.8) is 0 Å². The van der Waals surface area contributed by atoms with E-state index in [-0.39, 0.29) is 34.1 Å². The first kappa shape index (κ1) is 13.8. The third kappa shape index (κ3) is 3.02. The van der Waals surface area contributed by atoms with Crippen molar-refractivity contribution in [2.75, 3.05) is 18.4 Å². The van der Waals surface area contributed by atoms with Gasteiger partial charge in [0.2, 0.25) is 5.91 Å². The van der Waals surface area contributed by atoms with Crippen LogP contribution in [0.5, 0.6) is 0 Å². The Morgan fingerprint density at radius 2 is 2.26 bits per heavy atom. The Labute approximate surface area is 115 Å². The maximum Gasteiger partial charge on any atom is 0.271 e.